The molecule has 0 N–H and O–H groups in total. The van der Waals surface area contributed by atoms with Gasteiger partial charge < -0.3 is 0 Å². The van der Waals surface area contributed by atoms with Crippen molar-refractivity contribution >= 4 is 0 Å². The van der Waals surface area contributed by atoms with Gasteiger partial charge in [0.25, 0.3) is 0 Å². The Kier molecular flexibility index (Phi) is 2.64. The normalized spacial score (nSPS) is 29.6. The zero-order chi connectivity index (χ0) is 11.8. The molecule has 0 bridgehead atoms. The highest BCUT2D eigenvalue weighted by molar-refractivity contribution is 5.42. The fraction of sp³-hybridized carbons (Fsp3) is 0.231. The summed E-state index contributed by atoms with van der Waals surface area (Å²) >= 11 is 0. The first-order valence-electron chi connectivity index (χ1n) is 5.01. The smallest absolute Gasteiger partial charge is 0.130 e. The van der Waals surface area contributed by atoms with Crippen LogP contribution in [0.15, 0.2) is 54.1 Å². The van der Waals surface area contributed by atoms with Crippen LogP contribution in [0.5, 0.6) is 0 Å². The van der Waals surface area contributed by atoms with Crippen LogP contribution in [-0.4, -0.2) is 6.10 Å². The maximum Gasteiger partial charge on any atom is 0.130 e. The van der Waals surface area contributed by atoms with Crippen LogP contribution in [0.1, 0.15) is 12.5 Å². The molecule has 0 saturated heterocycles. The summed E-state index contributed by atoms with van der Waals surface area (Å²) in [5.74, 6) is -1.52. The molecule has 0 heterocycles. The lowest BCUT2D eigenvalue weighted by molar-refractivity contribution is 0.0628. The molecule has 0 fully saturated rings. The zero-order valence-corrected chi connectivity index (χ0v) is 8.78. The van der Waals surface area contributed by atoms with Crippen molar-refractivity contribution in [2.24, 2.45) is 0 Å². The Morgan fingerprint density at radius 1 is 1.19 bits per heavy atom. The van der Waals surface area contributed by atoms with Gasteiger partial charge in [-0.3, -0.25) is 0 Å². The van der Waals surface area contributed by atoms with Gasteiger partial charge in [-0.05, 0) is 18.6 Å². The molecule has 1 aliphatic carbocycles. The number of hydrogen-bond acceptors (Lipinski definition) is 0. The SMILES string of the molecule is CC1(c2ccccc2)C(F)=CC(F)=CC1[O]. The van der Waals surface area contributed by atoms with Crippen LogP contribution in [0.2, 0.25) is 0 Å². The van der Waals surface area contributed by atoms with Gasteiger partial charge in [-0.1, -0.05) is 30.3 Å². The molecule has 2 unspecified atom stereocenters. The molecule has 3 heteroatoms. The van der Waals surface area contributed by atoms with Gasteiger partial charge >= 0.3 is 0 Å². The van der Waals surface area contributed by atoms with Crippen LogP contribution in [0.4, 0.5) is 8.78 Å². The van der Waals surface area contributed by atoms with E-state index < -0.39 is 23.2 Å². The summed E-state index contributed by atoms with van der Waals surface area (Å²) in [6.07, 6.45) is 0.247. The Labute approximate surface area is 92.7 Å². The lowest BCUT2D eigenvalue weighted by atomic mass is 9.74. The van der Waals surface area contributed by atoms with Crippen molar-refractivity contribution in [1.82, 2.24) is 0 Å². The molecule has 2 rings (SSSR count). The first-order chi connectivity index (χ1) is 7.55. The standard InChI is InChI=1S/C13H11F2O/c1-13(9-5-3-2-4-6-9)11(15)7-10(14)8-12(13)16/h2-8,12H,1H3. The summed E-state index contributed by atoms with van der Waals surface area (Å²) in [6.45, 7) is 1.49. The highest BCUT2D eigenvalue weighted by Gasteiger charge is 2.42. The lowest BCUT2D eigenvalue weighted by Crippen LogP contribution is -2.37. The van der Waals surface area contributed by atoms with E-state index in [0.29, 0.717) is 5.56 Å². The van der Waals surface area contributed by atoms with E-state index in [-0.39, 0.29) is 0 Å². The molecular weight excluding hydrogens is 210 g/mol. The van der Waals surface area contributed by atoms with E-state index in [1.54, 1.807) is 30.3 Å². The summed E-state index contributed by atoms with van der Waals surface area (Å²) in [7, 11) is 0. The van der Waals surface area contributed by atoms with E-state index in [0.717, 1.165) is 12.2 Å². The first kappa shape index (κ1) is 11.0. The second-order valence-corrected chi connectivity index (χ2v) is 4.03. The van der Waals surface area contributed by atoms with E-state index in [4.69, 9.17) is 0 Å². The van der Waals surface area contributed by atoms with Crippen molar-refractivity contribution in [3.63, 3.8) is 0 Å². The van der Waals surface area contributed by atoms with Gasteiger partial charge in [-0.2, -0.15) is 0 Å². The first-order valence-corrected chi connectivity index (χ1v) is 5.01. The Balaban J connectivity index is 2.51. The van der Waals surface area contributed by atoms with Crippen LogP contribution in [-0.2, 0) is 10.5 Å². The predicted molar refractivity (Wildman–Crippen MR) is 56.7 cm³/mol. The van der Waals surface area contributed by atoms with Crippen molar-refractivity contribution < 1.29 is 13.9 Å². The summed E-state index contributed by atoms with van der Waals surface area (Å²) in [5, 5.41) is 11.8. The molecular formula is C13H11F2O. The Morgan fingerprint density at radius 3 is 2.38 bits per heavy atom. The minimum absolute atomic E-state index is 0.563. The molecule has 16 heavy (non-hydrogen) atoms. The Hall–Kier alpha value is -1.48. The predicted octanol–water partition coefficient (Wildman–Crippen LogP) is 3.46. The van der Waals surface area contributed by atoms with E-state index in [2.05, 4.69) is 0 Å². The van der Waals surface area contributed by atoms with Crippen molar-refractivity contribution in [1.29, 1.82) is 0 Å². The molecule has 0 aromatic heterocycles. The topological polar surface area (TPSA) is 19.9 Å². The third-order valence-corrected chi connectivity index (χ3v) is 3.01. The summed E-state index contributed by atoms with van der Waals surface area (Å²) < 4.78 is 26.7. The average molecular weight is 221 g/mol. The van der Waals surface area contributed by atoms with E-state index in [1.807, 2.05) is 0 Å². The number of benzene rings is 1. The van der Waals surface area contributed by atoms with E-state index in [1.165, 1.54) is 6.92 Å². The highest BCUT2D eigenvalue weighted by Crippen LogP contribution is 2.40. The van der Waals surface area contributed by atoms with Crippen LogP contribution in [0, 0.1) is 0 Å². The van der Waals surface area contributed by atoms with Crippen molar-refractivity contribution in [3.8, 4) is 0 Å². The Morgan fingerprint density at radius 2 is 1.81 bits per heavy atom. The monoisotopic (exact) mass is 221 g/mol. The van der Waals surface area contributed by atoms with Gasteiger partial charge in [0.05, 0.1) is 5.41 Å². The fourth-order valence-electron chi connectivity index (χ4n) is 1.85. The molecule has 83 valence electrons. The van der Waals surface area contributed by atoms with Crippen molar-refractivity contribution in [2.45, 2.75) is 18.4 Å². The maximum absolute atomic E-state index is 13.8. The summed E-state index contributed by atoms with van der Waals surface area (Å²) in [5.41, 5.74) is -0.746. The lowest BCUT2D eigenvalue weighted by Gasteiger charge is -2.32. The number of allylic oxidation sites excluding steroid dienone is 2. The van der Waals surface area contributed by atoms with Crippen LogP contribution in [0.3, 0.4) is 0 Å². The fourth-order valence-corrected chi connectivity index (χ4v) is 1.85. The molecule has 1 aromatic rings. The third-order valence-electron chi connectivity index (χ3n) is 3.01. The number of hydrogen-bond donors (Lipinski definition) is 0. The second kappa shape index (κ2) is 3.83. The highest BCUT2D eigenvalue weighted by atomic mass is 19.1. The minimum atomic E-state index is -1.44. The summed E-state index contributed by atoms with van der Waals surface area (Å²) in [4.78, 5) is 0. The minimum Gasteiger partial charge on any atom is -0.227 e. The van der Waals surface area contributed by atoms with Crippen LogP contribution in [0.25, 0.3) is 0 Å². The van der Waals surface area contributed by atoms with Crippen molar-refractivity contribution in [3.05, 3.63) is 59.7 Å². The van der Waals surface area contributed by atoms with Gasteiger partial charge in [0.2, 0.25) is 0 Å². The van der Waals surface area contributed by atoms with Gasteiger partial charge in [0.15, 0.2) is 0 Å². The number of rotatable bonds is 1. The van der Waals surface area contributed by atoms with Gasteiger partial charge in [-0.15, -0.1) is 0 Å². The molecule has 1 aliphatic rings. The van der Waals surface area contributed by atoms with Crippen molar-refractivity contribution in [2.75, 3.05) is 0 Å². The van der Waals surface area contributed by atoms with E-state index in [9.17, 15) is 13.9 Å². The summed E-state index contributed by atoms with van der Waals surface area (Å²) in [6, 6.07) is 8.60. The molecule has 2 atom stereocenters. The molecule has 0 aliphatic heterocycles. The van der Waals surface area contributed by atoms with Crippen LogP contribution < -0.4 is 0 Å². The van der Waals surface area contributed by atoms with Gasteiger partial charge in [-0.25, -0.2) is 13.9 Å². The maximum atomic E-state index is 13.8. The third kappa shape index (κ3) is 1.57. The molecule has 0 spiro atoms. The molecule has 0 amide bonds. The van der Waals surface area contributed by atoms with E-state index >= 15 is 0 Å². The molecule has 0 saturated carbocycles. The molecule has 1 aromatic carbocycles. The average Bonchev–Trinajstić information content (AvgIpc) is 2.27. The molecule has 1 nitrogen and oxygen atoms in total. The zero-order valence-electron chi connectivity index (χ0n) is 8.78. The van der Waals surface area contributed by atoms with Crippen LogP contribution >= 0.6 is 0 Å². The Bertz CT molecular complexity index is 450. The largest absolute Gasteiger partial charge is 0.227 e. The van der Waals surface area contributed by atoms with Gasteiger partial charge in [0, 0.05) is 6.08 Å². The second-order valence-electron chi connectivity index (χ2n) is 4.03. The number of halogens is 2. The van der Waals surface area contributed by atoms with Gasteiger partial charge in [0.1, 0.15) is 17.8 Å². The molecule has 1 radical (unpaired) electrons. The quantitative estimate of drug-likeness (QED) is 0.692.